The Kier molecular flexibility index (Phi) is 4.18. The molecule has 1 saturated heterocycles. The largest absolute Gasteiger partial charge is 0.338 e. The molecule has 3 rings (SSSR count). The van der Waals surface area contributed by atoms with Gasteiger partial charge in [0.25, 0.3) is 5.91 Å². The maximum atomic E-state index is 12.5. The zero-order valence-electron chi connectivity index (χ0n) is 12.5. The van der Waals surface area contributed by atoms with Crippen molar-refractivity contribution in [1.29, 1.82) is 0 Å². The second-order valence-electron chi connectivity index (χ2n) is 5.74. The van der Waals surface area contributed by atoms with Crippen molar-refractivity contribution in [3.05, 3.63) is 48.3 Å². The molecule has 1 aliphatic heterocycles. The van der Waals surface area contributed by atoms with Gasteiger partial charge in [-0.05, 0) is 24.5 Å². The number of sulfonamides is 1. The Morgan fingerprint density at radius 1 is 1.30 bits per heavy atom. The Hall–Kier alpha value is -2.19. The van der Waals surface area contributed by atoms with E-state index in [0.29, 0.717) is 25.1 Å². The number of carbonyl (C=O) groups is 1. The summed E-state index contributed by atoms with van der Waals surface area (Å²) in [6.07, 6.45) is 3.86. The first kappa shape index (κ1) is 15.7. The molecule has 1 aliphatic rings. The molecule has 2 N–H and O–H groups in total. The van der Waals surface area contributed by atoms with Crippen molar-refractivity contribution >= 4 is 15.9 Å². The molecule has 0 aliphatic carbocycles. The van der Waals surface area contributed by atoms with E-state index in [1.54, 1.807) is 15.8 Å². The number of amides is 1. The molecule has 8 heteroatoms. The molecule has 1 unspecified atom stereocenters. The Balaban J connectivity index is 1.69. The van der Waals surface area contributed by atoms with E-state index in [4.69, 9.17) is 5.14 Å². The summed E-state index contributed by atoms with van der Waals surface area (Å²) in [5.74, 6) is -0.317. The van der Waals surface area contributed by atoms with Gasteiger partial charge in [-0.15, -0.1) is 0 Å². The lowest BCUT2D eigenvalue weighted by Crippen LogP contribution is -2.30. The minimum absolute atomic E-state index is 0.0833. The lowest BCUT2D eigenvalue weighted by molar-refractivity contribution is 0.0788. The number of primary sulfonamides is 1. The molecule has 0 radical (unpaired) electrons. The fourth-order valence-electron chi connectivity index (χ4n) is 2.82. The SMILES string of the molecule is NS(=O)(=O)CC1CCN(C(=O)c2cnn(-c3ccccc3)c2)C1. The third-order valence-electron chi connectivity index (χ3n) is 3.89. The average Bonchev–Trinajstić information content (AvgIpc) is 3.15. The van der Waals surface area contributed by atoms with Gasteiger partial charge in [-0.25, -0.2) is 18.2 Å². The minimum Gasteiger partial charge on any atom is -0.338 e. The summed E-state index contributed by atoms with van der Waals surface area (Å²) in [4.78, 5) is 14.1. The number of rotatable bonds is 4. The van der Waals surface area contributed by atoms with E-state index in [2.05, 4.69) is 5.10 Å². The summed E-state index contributed by atoms with van der Waals surface area (Å²) in [5, 5.41) is 9.28. The third kappa shape index (κ3) is 3.77. The molecule has 1 aromatic heterocycles. The zero-order chi connectivity index (χ0) is 16.4. The third-order valence-corrected chi connectivity index (χ3v) is 4.83. The molecule has 1 aromatic carbocycles. The van der Waals surface area contributed by atoms with Crippen LogP contribution in [0.5, 0.6) is 0 Å². The van der Waals surface area contributed by atoms with Crippen LogP contribution in [-0.4, -0.2) is 47.8 Å². The fourth-order valence-corrected chi connectivity index (χ4v) is 3.75. The summed E-state index contributed by atoms with van der Waals surface area (Å²) < 4.78 is 24.0. The van der Waals surface area contributed by atoms with E-state index in [0.717, 1.165) is 5.69 Å². The van der Waals surface area contributed by atoms with E-state index in [1.807, 2.05) is 30.3 Å². The predicted octanol–water partition coefficient (Wildman–Crippen LogP) is 0.623. The lowest BCUT2D eigenvalue weighted by atomic mass is 10.2. The molecule has 1 atom stereocenters. The standard InChI is InChI=1S/C15H18N4O3S/c16-23(21,22)11-12-6-7-18(9-12)15(20)13-8-17-19(10-13)14-4-2-1-3-5-14/h1-5,8,10,12H,6-7,9,11H2,(H2,16,21,22). The van der Waals surface area contributed by atoms with E-state index >= 15 is 0 Å². The van der Waals surface area contributed by atoms with Gasteiger partial charge in [0.15, 0.2) is 0 Å². The molecule has 7 nitrogen and oxygen atoms in total. The molecule has 0 bridgehead atoms. The summed E-state index contributed by atoms with van der Waals surface area (Å²) in [6.45, 7) is 0.946. The highest BCUT2D eigenvalue weighted by Crippen LogP contribution is 2.20. The van der Waals surface area contributed by atoms with Gasteiger partial charge in [0.2, 0.25) is 10.0 Å². The van der Waals surface area contributed by atoms with E-state index in [9.17, 15) is 13.2 Å². The van der Waals surface area contributed by atoms with Crippen LogP contribution in [0.25, 0.3) is 5.69 Å². The first-order valence-electron chi connectivity index (χ1n) is 7.32. The average molecular weight is 334 g/mol. The number of nitrogens with zero attached hydrogens (tertiary/aromatic N) is 3. The van der Waals surface area contributed by atoms with Crippen molar-refractivity contribution in [2.24, 2.45) is 11.1 Å². The fraction of sp³-hybridized carbons (Fsp3) is 0.333. The number of para-hydroxylation sites is 1. The molecule has 0 saturated carbocycles. The quantitative estimate of drug-likeness (QED) is 0.886. The van der Waals surface area contributed by atoms with Crippen LogP contribution in [0, 0.1) is 5.92 Å². The number of carbonyl (C=O) groups excluding carboxylic acids is 1. The minimum atomic E-state index is -3.51. The Labute approximate surface area is 134 Å². The van der Waals surface area contributed by atoms with Crippen LogP contribution < -0.4 is 5.14 Å². The molecule has 122 valence electrons. The second-order valence-corrected chi connectivity index (χ2v) is 7.40. The summed E-state index contributed by atoms with van der Waals surface area (Å²) in [5.41, 5.74) is 1.37. The lowest BCUT2D eigenvalue weighted by Gasteiger charge is -2.15. The maximum absolute atomic E-state index is 12.5. The molecular weight excluding hydrogens is 316 g/mol. The van der Waals surface area contributed by atoms with Crippen molar-refractivity contribution in [1.82, 2.24) is 14.7 Å². The molecule has 0 spiro atoms. The predicted molar refractivity (Wildman–Crippen MR) is 85.5 cm³/mol. The van der Waals surface area contributed by atoms with Crippen LogP contribution in [0.1, 0.15) is 16.8 Å². The molecule has 23 heavy (non-hydrogen) atoms. The van der Waals surface area contributed by atoms with Gasteiger partial charge in [-0.2, -0.15) is 5.10 Å². The van der Waals surface area contributed by atoms with E-state index < -0.39 is 10.0 Å². The summed E-state index contributed by atoms with van der Waals surface area (Å²) in [7, 11) is -3.51. The van der Waals surface area contributed by atoms with Crippen LogP contribution in [0.15, 0.2) is 42.7 Å². The summed E-state index contributed by atoms with van der Waals surface area (Å²) >= 11 is 0. The Morgan fingerprint density at radius 3 is 2.74 bits per heavy atom. The van der Waals surface area contributed by atoms with Gasteiger partial charge in [0.05, 0.1) is 23.2 Å². The van der Waals surface area contributed by atoms with Gasteiger partial charge >= 0.3 is 0 Å². The smallest absolute Gasteiger partial charge is 0.257 e. The number of likely N-dealkylation sites (tertiary alicyclic amines) is 1. The van der Waals surface area contributed by atoms with Gasteiger partial charge < -0.3 is 4.90 Å². The van der Waals surface area contributed by atoms with Crippen LogP contribution in [0.3, 0.4) is 0 Å². The van der Waals surface area contributed by atoms with E-state index in [-0.39, 0.29) is 17.6 Å². The van der Waals surface area contributed by atoms with Crippen molar-refractivity contribution in [3.63, 3.8) is 0 Å². The van der Waals surface area contributed by atoms with Crippen LogP contribution in [0.2, 0.25) is 0 Å². The first-order valence-corrected chi connectivity index (χ1v) is 9.04. The van der Waals surface area contributed by atoms with E-state index in [1.165, 1.54) is 6.20 Å². The number of nitrogens with two attached hydrogens (primary N) is 1. The normalized spacial score (nSPS) is 18.3. The van der Waals surface area contributed by atoms with Crippen LogP contribution >= 0.6 is 0 Å². The highest BCUT2D eigenvalue weighted by atomic mass is 32.2. The first-order chi connectivity index (χ1) is 10.9. The zero-order valence-corrected chi connectivity index (χ0v) is 13.3. The summed E-state index contributed by atoms with van der Waals surface area (Å²) in [6, 6.07) is 9.51. The topological polar surface area (TPSA) is 98.3 Å². The monoisotopic (exact) mass is 334 g/mol. The number of aromatic nitrogens is 2. The van der Waals surface area contributed by atoms with Crippen molar-refractivity contribution in [3.8, 4) is 5.69 Å². The van der Waals surface area contributed by atoms with Crippen molar-refractivity contribution in [2.75, 3.05) is 18.8 Å². The highest BCUT2D eigenvalue weighted by Gasteiger charge is 2.29. The van der Waals surface area contributed by atoms with Crippen molar-refractivity contribution in [2.45, 2.75) is 6.42 Å². The molecule has 1 amide bonds. The molecule has 1 fully saturated rings. The van der Waals surface area contributed by atoms with Crippen molar-refractivity contribution < 1.29 is 13.2 Å². The maximum Gasteiger partial charge on any atom is 0.257 e. The van der Waals surface area contributed by atoms with Gasteiger partial charge in [-0.1, -0.05) is 18.2 Å². The Bertz CT molecular complexity index is 801. The van der Waals surface area contributed by atoms with Gasteiger partial charge in [-0.3, -0.25) is 4.79 Å². The molecular formula is C15H18N4O3S. The van der Waals surface area contributed by atoms with Gasteiger partial charge in [0, 0.05) is 19.3 Å². The molecule has 2 aromatic rings. The second kappa shape index (κ2) is 6.13. The number of benzene rings is 1. The highest BCUT2D eigenvalue weighted by molar-refractivity contribution is 7.89. The molecule has 2 heterocycles. The Morgan fingerprint density at radius 2 is 2.04 bits per heavy atom. The van der Waals surface area contributed by atoms with Gasteiger partial charge in [0.1, 0.15) is 0 Å². The van der Waals surface area contributed by atoms with Crippen LogP contribution in [0.4, 0.5) is 0 Å². The number of hydrogen-bond acceptors (Lipinski definition) is 4. The van der Waals surface area contributed by atoms with Crippen LogP contribution in [-0.2, 0) is 10.0 Å². The number of hydrogen-bond donors (Lipinski definition) is 1.